The SMILES string of the molecule is CCCOc1ccc(C2=C(Nc3cccc(F)c3)C(=O)N(Cc3ccco3)C2=O)cc1. The molecule has 1 aliphatic heterocycles. The molecule has 4 rings (SSSR count). The van der Waals surface area contributed by atoms with E-state index >= 15 is 0 Å². The summed E-state index contributed by atoms with van der Waals surface area (Å²) in [5.41, 5.74) is 1.23. The van der Waals surface area contributed by atoms with Crippen molar-refractivity contribution in [2.24, 2.45) is 0 Å². The summed E-state index contributed by atoms with van der Waals surface area (Å²) in [5, 5.41) is 2.93. The topological polar surface area (TPSA) is 71.8 Å². The second-order valence-corrected chi connectivity index (χ2v) is 7.03. The minimum atomic E-state index is -0.507. The van der Waals surface area contributed by atoms with E-state index in [1.165, 1.54) is 24.5 Å². The average molecular weight is 420 g/mol. The van der Waals surface area contributed by atoms with Gasteiger partial charge in [0, 0.05) is 5.69 Å². The zero-order chi connectivity index (χ0) is 21.8. The maximum absolute atomic E-state index is 13.7. The molecule has 2 heterocycles. The Morgan fingerprint density at radius 3 is 2.52 bits per heavy atom. The Bertz CT molecular complexity index is 1120. The summed E-state index contributed by atoms with van der Waals surface area (Å²) >= 11 is 0. The molecule has 6 nitrogen and oxygen atoms in total. The molecular weight excluding hydrogens is 399 g/mol. The predicted octanol–water partition coefficient (Wildman–Crippen LogP) is 4.60. The van der Waals surface area contributed by atoms with Gasteiger partial charge in [0.05, 0.1) is 25.0 Å². The number of imide groups is 1. The van der Waals surface area contributed by atoms with Crippen LogP contribution >= 0.6 is 0 Å². The Kier molecular flexibility index (Phi) is 5.84. The normalized spacial score (nSPS) is 13.8. The molecule has 31 heavy (non-hydrogen) atoms. The van der Waals surface area contributed by atoms with Crippen LogP contribution in [0.15, 0.2) is 77.0 Å². The molecule has 0 atom stereocenters. The van der Waals surface area contributed by atoms with Crippen molar-refractivity contribution in [2.45, 2.75) is 19.9 Å². The lowest BCUT2D eigenvalue weighted by molar-refractivity contribution is -0.137. The van der Waals surface area contributed by atoms with Gasteiger partial charge in [0.25, 0.3) is 11.8 Å². The van der Waals surface area contributed by atoms with Gasteiger partial charge in [0.2, 0.25) is 0 Å². The van der Waals surface area contributed by atoms with E-state index in [-0.39, 0.29) is 17.8 Å². The van der Waals surface area contributed by atoms with Gasteiger partial charge in [-0.05, 0) is 54.4 Å². The van der Waals surface area contributed by atoms with Crippen LogP contribution in [-0.2, 0) is 16.1 Å². The van der Waals surface area contributed by atoms with Crippen molar-refractivity contribution in [2.75, 3.05) is 11.9 Å². The molecule has 0 bridgehead atoms. The molecule has 0 unspecified atom stereocenters. The Labute approximate surface area is 178 Å². The molecule has 3 aromatic rings. The molecule has 7 heteroatoms. The fourth-order valence-electron chi connectivity index (χ4n) is 3.31. The van der Waals surface area contributed by atoms with Gasteiger partial charge in [-0.15, -0.1) is 0 Å². The van der Waals surface area contributed by atoms with Crippen LogP contribution in [0.2, 0.25) is 0 Å². The van der Waals surface area contributed by atoms with E-state index in [2.05, 4.69) is 5.32 Å². The third kappa shape index (κ3) is 4.35. The maximum Gasteiger partial charge on any atom is 0.278 e. The molecule has 0 fully saturated rings. The van der Waals surface area contributed by atoms with Gasteiger partial charge in [-0.1, -0.05) is 25.1 Å². The van der Waals surface area contributed by atoms with E-state index in [0.717, 1.165) is 11.3 Å². The second-order valence-electron chi connectivity index (χ2n) is 7.03. The third-order valence-electron chi connectivity index (χ3n) is 4.77. The van der Waals surface area contributed by atoms with Crippen LogP contribution in [-0.4, -0.2) is 23.3 Å². The molecular formula is C24H21FN2O4. The Hall–Kier alpha value is -3.87. The molecule has 158 valence electrons. The minimum Gasteiger partial charge on any atom is -0.494 e. The fourth-order valence-corrected chi connectivity index (χ4v) is 3.31. The summed E-state index contributed by atoms with van der Waals surface area (Å²) in [6.45, 7) is 2.60. The Morgan fingerprint density at radius 2 is 1.84 bits per heavy atom. The predicted molar refractivity (Wildman–Crippen MR) is 113 cm³/mol. The number of hydrogen-bond donors (Lipinski definition) is 1. The highest BCUT2D eigenvalue weighted by molar-refractivity contribution is 6.36. The van der Waals surface area contributed by atoms with E-state index in [1.807, 2.05) is 6.92 Å². The summed E-state index contributed by atoms with van der Waals surface area (Å²) in [7, 11) is 0. The highest BCUT2D eigenvalue weighted by Crippen LogP contribution is 2.32. The van der Waals surface area contributed by atoms with E-state index in [4.69, 9.17) is 9.15 Å². The quantitative estimate of drug-likeness (QED) is 0.540. The first kappa shape index (κ1) is 20.4. The molecule has 1 aliphatic rings. The van der Waals surface area contributed by atoms with Crippen LogP contribution in [0.5, 0.6) is 5.75 Å². The Balaban J connectivity index is 1.70. The molecule has 1 N–H and O–H groups in total. The largest absolute Gasteiger partial charge is 0.494 e. The first-order valence-electron chi connectivity index (χ1n) is 9.95. The number of rotatable bonds is 8. The summed E-state index contributed by atoms with van der Waals surface area (Å²) in [6.07, 6.45) is 2.36. The number of nitrogens with zero attached hydrogens (tertiary/aromatic N) is 1. The number of carbonyl (C=O) groups excluding carboxylic acids is 2. The highest BCUT2D eigenvalue weighted by Gasteiger charge is 2.39. The van der Waals surface area contributed by atoms with Crippen molar-refractivity contribution < 1.29 is 23.1 Å². The Morgan fingerprint density at radius 1 is 1.03 bits per heavy atom. The number of furan rings is 1. The molecule has 0 saturated heterocycles. The van der Waals surface area contributed by atoms with Crippen LogP contribution in [0.3, 0.4) is 0 Å². The molecule has 0 aliphatic carbocycles. The summed E-state index contributed by atoms with van der Waals surface area (Å²) < 4.78 is 24.6. The summed E-state index contributed by atoms with van der Waals surface area (Å²) in [6, 6.07) is 16.1. The van der Waals surface area contributed by atoms with Gasteiger partial charge in [-0.3, -0.25) is 14.5 Å². The summed E-state index contributed by atoms with van der Waals surface area (Å²) in [4.78, 5) is 27.5. The summed E-state index contributed by atoms with van der Waals surface area (Å²) in [5.74, 6) is -0.255. The van der Waals surface area contributed by atoms with Crippen LogP contribution < -0.4 is 10.1 Å². The number of benzene rings is 2. The van der Waals surface area contributed by atoms with Crippen LogP contribution in [0.25, 0.3) is 5.57 Å². The second kappa shape index (κ2) is 8.87. The lowest BCUT2D eigenvalue weighted by atomic mass is 10.0. The van der Waals surface area contributed by atoms with Gasteiger partial charge in [0.15, 0.2) is 0 Å². The number of hydrogen-bond acceptors (Lipinski definition) is 5. The molecule has 0 radical (unpaired) electrons. The molecule has 2 aromatic carbocycles. The molecule has 0 saturated carbocycles. The monoisotopic (exact) mass is 420 g/mol. The van der Waals surface area contributed by atoms with E-state index < -0.39 is 17.6 Å². The van der Waals surface area contributed by atoms with Crippen LogP contribution in [0.1, 0.15) is 24.7 Å². The van der Waals surface area contributed by atoms with E-state index in [1.54, 1.807) is 42.5 Å². The lowest BCUT2D eigenvalue weighted by Gasteiger charge is -2.13. The maximum atomic E-state index is 13.7. The number of ether oxygens (including phenoxy) is 1. The van der Waals surface area contributed by atoms with Gasteiger partial charge in [-0.2, -0.15) is 0 Å². The van der Waals surface area contributed by atoms with Crippen molar-refractivity contribution in [3.8, 4) is 5.75 Å². The number of amides is 2. The van der Waals surface area contributed by atoms with Crippen molar-refractivity contribution >= 4 is 23.1 Å². The van der Waals surface area contributed by atoms with Crippen molar-refractivity contribution in [1.29, 1.82) is 0 Å². The average Bonchev–Trinajstić information content (AvgIpc) is 3.36. The van der Waals surface area contributed by atoms with E-state index in [9.17, 15) is 14.0 Å². The third-order valence-corrected chi connectivity index (χ3v) is 4.77. The van der Waals surface area contributed by atoms with Gasteiger partial charge in [0.1, 0.15) is 23.0 Å². The zero-order valence-corrected chi connectivity index (χ0v) is 16.9. The number of halogens is 1. The number of nitrogens with one attached hydrogen (secondary N) is 1. The molecule has 2 amide bonds. The van der Waals surface area contributed by atoms with Crippen molar-refractivity contribution in [3.05, 3.63) is 89.8 Å². The fraction of sp³-hybridized carbons (Fsp3) is 0.167. The van der Waals surface area contributed by atoms with Crippen molar-refractivity contribution in [1.82, 2.24) is 4.90 Å². The molecule has 1 aromatic heterocycles. The first-order chi connectivity index (χ1) is 15.1. The minimum absolute atomic E-state index is 0.000191. The van der Waals surface area contributed by atoms with Crippen molar-refractivity contribution in [3.63, 3.8) is 0 Å². The highest BCUT2D eigenvalue weighted by atomic mass is 19.1. The van der Waals surface area contributed by atoms with Gasteiger partial charge in [-0.25, -0.2) is 4.39 Å². The van der Waals surface area contributed by atoms with Crippen LogP contribution in [0.4, 0.5) is 10.1 Å². The number of carbonyl (C=O) groups is 2. The lowest BCUT2D eigenvalue weighted by Crippen LogP contribution is -2.31. The van der Waals surface area contributed by atoms with Gasteiger partial charge < -0.3 is 14.5 Å². The van der Waals surface area contributed by atoms with Crippen LogP contribution in [0, 0.1) is 5.82 Å². The zero-order valence-electron chi connectivity index (χ0n) is 16.9. The first-order valence-corrected chi connectivity index (χ1v) is 9.95. The number of anilines is 1. The standard InChI is InChI=1S/C24H21FN2O4/c1-2-12-30-19-10-8-16(9-11-19)21-22(26-18-6-3-5-17(25)14-18)24(29)27(23(21)28)15-20-7-4-13-31-20/h3-11,13-14,26H,2,12,15H2,1H3. The van der Waals surface area contributed by atoms with E-state index in [0.29, 0.717) is 29.4 Å². The smallest absolute Gasteiger partial charge is 0.278 e. The molecule has 0 spiro atoms. The van der Waals surface area contributed by atoms with Gasteiger partial charge >= 0.3 is 0 Å².